The number of fused-ring (bicyclic) bond motifs is 1. The third-order valence-corrected chi connectivity index (χ3v) is 4.38. The summed E-state index contributed by atoms with van der Waals surface area (Å²) in [7, 11) is 0. The summed E-state index contributed by atoms with van der Waals surface area (Å²) in [5.41, 5.74) is 5.80. The van der Waals surface area contributed by atoms with Crippen molar-refractivity contribution in [1.82, 2.24) is 10.6 Å². The SMILES string of the molecule is C/C(C=Cc1ccc2c(c1)OCO2)=N\NC(=O)c1c(-c2ccccc2)noc1C. The first kappa shape index (κ1) is 18.5. The smallest absolute Gasteiger partial charge is 0.277 e. The van der Waals surface area contributed by atoms with Crippen LogP contribution in [-0.2, 0) is 0 Å². The molecule has 29 heavy (non-hydrogen) atoms. The lowest BCUT2D eigenvalue weighted by atomic mass is 10.1. The molecular weight excluding hydrogens is 370 g/mol. The molecule has 0 radical (unpaired) electrons. The Balaban J connectivity index is 1.46. The van der Waals surface area contributed by atoms with E-state index >= 15 is 0 Å². The summed E-state index contributed by atoms with van der Waals surface area (Å²) in [5, 5.41) is 8.17. The average molecular weight is 389 g/mol. The number of carbonyl (C=O) groups is 1. The number of aromatic nitrogens is 1. The highest BCUT2D eigenvalue weighted by molar-refractivity contribution is 6.02. The maximum absolute atomic E-state index is 12.7. The number of benzene rings is 2. The van der Waals surface area contributed by atoms with E-state index in [2.05, 4.69) is 15.7 Å². The molecule has 0 saturated carbocycles. The van der Waals surface area contributed by atoms with Crippen LogP contribution in [0, 0.1) is 6.92 Å². The molecule has 0 saturated heterocycles. The number of amides is 1. The van der Waals surface area contributed by atoms with Crippen molar-refractivity contribution < 1.29 is 18.8 Å². The first-order valence-electron chi connectivity index (χ1n) is 9.06. The number of allylic oxidation sites excluding steroid dienone is 1. The molecule has 0 aliphatic carbocycles. The van der Waals surface area contributed by atoms with Gasteiger partial charge in [0.25, 0.3) is 5.91 Å². The molecule has 1 aromatic heterocycles. The molecule has 1 aliphatic rings. The topological polar surface area (TPSA) is 86.0 Å². The second kappa shape index (κ2) is 8.02. The van der Waals surface area contributed by atoms with Crippen LogP contribution in [0.4, 0.5) is 0 Å². The number of nitrogens with zero attached hydrogens (tertiary/aromatic N) is 2. The Morgan fingerprint density at radius 2 is 1.93 bits per heavy atom. The van der Waals surface area contributed by atoms with Gasteiger partial charge in [-0.05, 0) is 37.6 Å². The van der Waals surface area contributed by atoms with E-state index in [4.69, 9.17) is 14.0 Å². The Morgan fingerprint density at radius 1 is 1.14 bits per heavy atom. The van der Waals surface area contributed by atoms with Crippen LogP contribution in [0.5, 0.6) is 11.5 Å². The monoisotopic (exact) mass is 389 g/mol. The van der Waals surface area contributed by atoms with E-state index in [1.54, 1.807) is 19.9 Å². The molecule has 4 rings (SSSR count). The van der Waals surface area contributed by atoms with Crippen LogP contribution >= 0.6 is 0 Å². The van der Waals surface area contributed by atoms with Crippen LogP contribution in [0.3, 0.4) is 0 Å². The van der Waals surface area contributed by atoms with Crippen molar-refractivity contribution in [3.05, 3.63) is 71.5 Å². The standard InChI is InChI=1S/C22H19N3O4/c1-14(8-9-16-10-11-18-19(12-16)28-13-27-18)23-24-22(26)20-15(2)29-25-21(20)17-6-4-3-5-7-17/h3-12H,13H2,1-2H3,(H,24,26)/b9-8?,23-14+. The van der Waals surface area contributed by atoms with E-state index in [9.17, 15) is 4.79 Å². The van der Waals surface area contributed by atoms with E-state index < -0.39 is 0 Å². The van der Waals surface area contributed by atoms with Crippen molar-refractivity contribution in [2.24, 2.45) is 5.10 Å². The fourth-order valence-corrected chi connectivity index (χ4v) is 2.90. The van der Waals surface area contributed by atoms with E-state index in [1.807, 2.05) is 54.6 Å². The van der Waals surface area contributed by atoms with Crippen LogP contribution in [-0.4, -0.2) is 23.6 Å². The largest absolute Gasteiger partial charge is 0.454 e. The van der Waals surface area contributed by atoms with E-state index in [0.717, 1.165) is 16.9 Å². The lowest BCUT2D eigenvalue weighted by molar-refractivity contribution is 0.0954. The van der Waals surface area contributed by atoms with Crippen LogP contribution in [0.15, 0.2) is 64.2 Å². The summed E-state index contributed by atoms with van der Waals surface area (Å²) < 4.78 is 15.9. The van der Waals surface area contributed by atoms with Crippen LogP contribution in [0.1, 0.15) is 28.6 Å². The second-order valence-corrected chi connectivity index (χ2v) is 6.47. The van der Waals surface area contributed by atoms with Gasteiger partial charge in [0.05, 0.1) is 5.71 Å². The predicted octanol–water partition coefficient (Wildman–Crippen LogP) is 4.20. The van der Waals surface area contributed by atoms with Gasteiger partial charge in [0.1, 0.15) is 17.0 Å². The molecule has 1 amide bonds. The van der Waals surface area contributed by atoms with Gasteiger partial charge in [-0.25, -0.2) is 5.43 Å². The number of rotatable bonds is 5. The third-order valence-electron chi connectivity index (χ3n) is 4.38. The summed E-state index contributed by atoms with van der Waals surface area (Å²) in [5.74, 6) is 1.51. The Bertz CT molecular complexity index is 1100. The number of carbonyl (C=O) groups excluding carboxylic acids is 1. The van der Waals surface area contributed by atoms with Gasteiger partial charge in [-0.2, -0.15) is 5.10 Å². The van der Waals surface area contributed by atoms with Gasteiger partial charge in [-0.3, -0.25) is 4.79 Å². The zero-order chi connectivity index (χ0) is 20.2. The first-order chi connectivity index (χ1) is 14.1. The zero-order valence-electron chi connectivity index (χ0n) is 16.0. The minimum Gasteiger partial charge on any atom is -0.454 e. The molecule has 0 spiro atoms. The Kier molecular flexibility index (Phi) is 5.11. The molecule has 2 heterocycles. The minimum atomic E-state index is -0.376. The van der Waals surface area contributed by atoms with Gasteiger partial charge in [0, 0.05) is 5.56 Å². The molecule has 7 heteroatoms. The lowest BCUT2D eigenvalue weighted by Gasteiger charge is -2.02. The van der Waals surface area contributed by atoms with E-state index in [0.29, 0.717) is 28.5 Å². The summed E-state index contributed by atoms with van der Waals surface area (Å²) >= 11 is 0. The van der Waals surface area contributed by atoms with Gasteiger partial charge >= 0.3 is 0 Å². The number of ether oxygens (including phenoxy) is 2. The van der Waals surface area contributed by atoms with Crippen molar-refractivity contribution in [1.29, 1.82) is 0 Å². The zero-order valence-corrected chi connectivity index (χ0v) is 16.0. The molecule has 0 bridgehead atoms. The minimum absolute atomic E-state index is 0.238. The fourth-order valence-electron chi connectivity index (χ4n) is 2.90. The quantitative estimate of drug-likeness (QED) is 0.522. The number of hydrogen-bond donors (Lipinski definition) is 1. The Hall–Kier alpha value is -3.87. The van der Waals surface area contributed by atoms with Crippen molar-refractivity contribution in [3.63, 3.8) is 0 Å². The summed E-state index contributed by atoms with van der Waals surface area (Å²) in [6, 6.07) is 15.1. The van der Waals surface area contributed by atoms with E-state index in [1.165, 1.54) is 0 Å². The highest BCUT2D eigenvalue weighted by Crippen LogP contribution is 2.32. The first-order valence-corrected chi connectivity index (χ1v) is 9.06. The molecule has 7 nitrogen and oxygen atoms in total. The van der Waals surface area contributed by atoms with Crippen LogP contribution < -0.4 is 14.9 Å². The van der Waals surface area contributed by atoms with Crippen molar-refractivity contribution in [2.45, 2.75) is 13.8 Å². The number of hydrazone groups is 1. The second-order valence-electron chi connectivity index (χ2n) is 6.47. The molecule has 0 fully saturated rings. The molecule has 146 valence electrons. The maximum Gasteiger partial charge on any atom is 0.277 e. The van der Waals surface area contributed by atoms with Crippen molar-refractivity contribution in [3.8, 4) is 22.8 Å². The van der Waals surface area contributed by atoms with E-state index in [-0.39, 0.29) is 12.7 Å². The third kappa shape index (κ3) is 4.03. The Morgan fingerprint density at radius 3 is 2.76 bits per heavy atom. The molecular formula is C22H19N3O4. The van der Waals surface area contributed by atoms with Crippen LogP contribution in [0.2, 0.25) is 0 Å². The number of aryl methyl sites for hydroxylation is 1. The number of nitrogens with one attached hydrogen (secondary N) is 1. The van der Waals surface area contributed by atoms with Gasteiger partial charge in [-0.1, -0.05) is 47.6 Å². The normalized spacial score (nSPS) is 13.1. The van der Waals surface area contributed by atoms with Gasteiger partial charge in [0.2, 0.25) is 6.79 Å². The highest BCUT2D eigenvalue weighted by Gasteiger charge is 2.21. The molecule has 0 unspecified atom stereocenters. The molecule has 1 aliphatic heterocycles. The molecule has 0 atom stereocenters. The summed E-state index contributed by atoms with van der Waals surface area (Å²) in [6.45, 7) is 3.73. The van der Waals surface area contributed by atoms with Gasteiger partial charge < -0.3 is 14.0 Å². The van der Waals surface area contributed by atoms with Gasteiger partial charge in [0.15, 0.2) is 11.5 Å². The maximum atomic E-state index is 12.7. The lowest BCUT2D eigenvalue weighted by Crippen LogP contribution is -2.19. The number of hydrogen-bond acceptors (Lipinski definition) is 6. The molecule has 1 N–H and O–H groups in total. The highest BCUT2D eigenvalue weighted by atomic mass is 16.7. The molecule has 3 aromatic rings. The van der Waals surface area contributed by atoms with Crippen molar-refractivity contribution in [2.75, 3.05) is 6.79 Å². The predicted molar refractivity (Wildman–Crippen MR) is 109 cm³/mol. The van der Waals surface area contributed by atoms with Crippen LogP contribution in [0.25, 0.3) is 17.3 Å². The van der Waals surface area contributed by atoms with Crippen molar-refractivity contribution >= 4 is 17.7 Å². The molecule has 2 aromatic carbocycles. The average Bonchev–Trinajstić information content (AvgIpc) is 3.37. The summed E-state index contributed by atoms with van der Waals surface area (Å²) in [6.07, 6.45) is 3.68. The fraction of sp³-hybridized carbons (Fsp3) is 0.136. The Labute approximate surface area is 167 Å². The summed E-state index contributed by atoms with van der Waals surface area (Å²) in [4.78, 5) is 12.7. The van der Waals surface area contributed by atoms with Gasteiger partial charge in [-0.15, -0.1) is 0 Å².